The van der Waals surface area contributed by atoms with Crippen LogP contribution in [0.4, 0.5) is 0 Å². The summed E-state index contributed by atoms with van der Waals surface area (Å²) in [5, 5.41) is 2.23. The van der Waals surface area contributed by atoms with Crippen molar-refractivity contribution < 1.29 is 8.98 Å². The number of aryl methyl sites for hydroxylation is 3. The van der Waals surface area contributed by atoms with Gasteiger partial charge in [0.05, 0.1) is 11.3 Å². The molecule has 0 saturated heterocycles. The van der Waals surface area contributed by atoms with Gasteiger partial charge < -0.3 is 4.42 Å². The van der Waals surface area contributed by atoms with E-state index in [1.165, 1.54) is 44.8 Å². The van der Waals surface area contributed by atoms with Crippen LogP contribution in [-0.4, -0.2) is 4.98 Å². The summed E-state index contributed by atoms with van der Waals surface area (Å²) in [5.41, 5.74) is 13.2. The van der Waals surface area contributed by atoms with Crippen molar-refractivity contribution in [2.24, 2.45) is 17.9 Å². The number of pyridine rings is 2. The maximum Gasteiger partial charge on any atom is 0.227 e. The third-order valence-electron chi connectivity index (χ3n) is 9.09. The first kappa shape index (κ1) is 28.6. The maximum absolute atomic E-state index is 6.86. The summed E-state index contributed by atoms with van der Waals surface area (Å²) in [7, 11) is 2.14. The molecule has 42 heavy (non-hydrogen) atoms. The SMILES string of the molecule is Cc1c[n+](C)c(-c2c(C)ccc3c2oc2nc4c(cc23)-c2ccccc2C4(CC(C)(C)C)CC(C)(C)C)cc1C(C)C. The molecule has 0 bridgehead atoms. The van der Waals surface area contributed by atoms with Gasteiger partial charge in [0, 0.05) is 33.4 Å². The van der Waals surface area contributed by atoms with Gasteiger partial charge in [0.1, 0.15) is 7.05 Å². The van der Waals surface area contributed by atoms with Gasteiger partial charge in [-0.3, -0.25) is 0 Å². The molecule has 0 atom stereocenters. The first-order valence-corrected chi connectivity index (χ1v) is 15.6. The molecule has 3 heterocycles. The molecule has 0 N–H and O–H groups in total. The van der Waals surface area contributed by atoms with Gasteiger partial charge in [0.15, 0.2) is 11.8 Å². The van der Waals surface area contributed by atoms with Crippen LogP contribution in [0.15, 0.2) is 59.1 Å². The zero-order valence-electron chi connectivity index (χ0n) is 27.5. The Morgan fingerprint density at radius 3 is 2.14 bits per heavy atom. The zero-order chi connectivity index (χ0) is 30.4. The highest BCUT2D eigenvalue weighted by atomic mass is 16.3. The predicted molar refractivity (Wildman–Crippen MR) is 176 cm³/mol. The molecule has 6 rings (SSSR count). The normalized spacial score (nSPS) is 14.7. The van der Waals surface area contributed by atoms with E-state index >= 15 is 0 Å². The van der Waals surface area contributed by atoms with Crippen molar-refractivity contribution in [1.29, 1.82) is 0 Å². The topological polar surface area (TPSA) is 29.9 Å². The molecule has 3 aromatic heterocycles. The molecular formula is C39H47N2O+. The summed E-state index contributed by atoms with van der Waals surface area (Å²) in [6.07, 6.45) is 4.31. The van der Waals surface area contributed by atoms with Crippen LogP contribution in [-0.2, 0) is 12.5 Å². The van der Waals surface area contributed by atoms with Crippen molar-refractivity contribution in [2.75, 3.05) is 0 Å². The van der Waals surface area contributed by atoms with E-state index in [4.69, 9.17) is 9.40 Å². The third kappa shape index (κ3) is 4.57. The number of aromatic nitrogens is 2. The number of benzene rings is 2. The van der Waals surface area contributed by atoms with E-state index in [9.17, 15) is 0 Å². The molecule has 5 aromatic rings. The van der Waals surface area contributed by atoms with Gasteiger partial charge >= 0.3 is 0 Å². The molecule has 1 aliphatic carbocycles. The molecule has 0 aliphatic heterocycles. The monoisotopic (exact) mass is 559 g/mol. The largest absolute Gasteiger partial charge is 0.437 e. The molecule has 0 saturated carbocycles. The van der Waals surface area contributed by atoms with Crippen LogP contribution in [0.3, 0.4) is 0 Å². The van der Waals surface area contributed by atoms with E-state index < -0.39 is 0 Å². The van der Waals surface area contributed by atoms with Crippen molar-refractivity contribution >= 4 is 22.1 Å². The zero-order valence-corrected chi connectivity index (χ0v) is 27.5. The summed E-state index contributed by atoms with van der Waals surface area (Å²) >= 11 is 0. The van der Waals surface area contributed by atoms with Crippen molar-refractivity contribution in [3.05, 3.63) is 82.7 Å². The molecule has 0 radical (unpaired) electrons. The van der Waals surface area contributed by atoms with E-state index in [0.29, 0.717) is 5.92 Å². The van der Waals surface area contributed by atoms with Gasteiger partial charge in [0.25, 0.3) is 0 Å². The minimum atomic E-state index is -0.177. The predicted octanol–water partition coefficient (Wildman–Crippen LogP) is 10.4. The van der Waals surface area contributed by atoms with E-state index in [2.05, 4.69) is 136 Å². The minimum absolute atomic E-state index is 0.128. The second kappa shape index (κ2) is 9.53. The number of rotatable bonds is 4. The van der Waals surface area contributed by atoms with Gasteiger partial charge in [-0.2, -0.15) is 0 Å². The lowest BCUT2D eigenvalue weighted by molar-refractivity contribution is -0.660. The summed E-state index contributed by atoms with van der Waals surface area (Å²) in [4.78, 5) is 5.50. The first-order chi connectivity index (χ1) is 19.6. The highest BCUT2D eigenvalue weighted by Gasteiger charge is 2.49. The van der Waals surface area contributed by atoms with Crippen LogP contribution in [0.2, 0.25) is 0 Å². The fourth-order valence-corrected chi connectivity index (χ4v) is 7.91. The minimum Gasteiger partial charge on any atom is -0.437 e. The van der Waals surface area contributed by atoms with E-state index in [-0.39, 0.29) is 16.2 Å². The summed E-state index contributed by atoms with van der Waals surface area (Å²) in [6, 6.07) is 18.2. The lowest BCUT2D eigenvalue weighted by Gasteiger charge is -2.41. The Morgan fingerprint density at radius 1 is 0.833 bits per heavy atom. The molecular weight excluding hydrogens is 512 g/mol. The second-order valence-electron chi connectivity index (χ2n) is 15.6. The van der Waals surface area contributed by atoms with Crippen molar-refractivity contribution in [2.45, 2.75) is 93.4 Å². The fourth-order valence-electron chi connectivity index (χ4n) is 7.91. The number of fused-ring (bicyclic) bond motifs is 6. The van der Waals surface area contributed by atoms with Gasteiger partial charge in [-0.15, -0.1) is 0 Å². The Balaban J connectivity index is 1.67. The molecule has 0 spiro atoms. The third-order valence-corrected chi connectivity index (χ3v) is 9.09. The van der Waals surface area contributed by atoms with Crippen LogP contribution in [0.1, 0.15) is 102 Å². The Morgan fingerprint density at radius 2 is 1.50 bits per heavy atom. The highest BCUT2D eigenvalue weighted by Crippen LogP contribution is 2.58. The Bertz CT molecular complexity index is 1840. The Hall–Kier alpha value is -3.46. The smallest absolute Gasteiger partial charge is 0.227 e. The number of hydrogen-bond acceptors (Lipinski definition) is 2. The van der Waals surface area contributed by atoms with Crippen molar-refractivity contribution in [1.82, 2.24) is 4.98 Å². The first-order valence-electron chi connectivity index (χ1n) is 15.6. The number of hydrogen-bond donors (Lipinski definition) is 0. The standard InChI is InChI=1S/C39H47N2O/c1-23(2)28-19-32(41(11)20-25(28)4)33-24(3)16-17-27-30-18-29-26-14-12-13-15-31(26)39(21-37(5,6)7,22-38(8,9)10)35(29)40-36(30)42-34(27)33/h12-20,23H,21-22H2,1-11H3/q+1. The molecule has 0 fully saturated rings. The van der Waals surface area contributed by atoms with Gasteiger partial charge in [-0.25, -0.2) is 9.55 Å². The van der Waals surface area contributed by atoms with Gasteiger partial charge in [-0.1, -0.05) is 91.8 Å². The molecule has 2 aromatic carbocycles. The van der Waals surface area contributed by atoms with E-state index in [1.807, 2.05) is 0 Å². The second-order valence-corrected chi connectivity index (χ2v) is 15.6. The molecule has 0 amide bonds. The van der Waals surface area contributed by atoms with Crippen LogP contribution >= 0.6 is 0 Å². The Labute approximate surface area is 252 Å². The van der Waals surface area contributed by atoms with Crippen LogP contribution in [0.5, 0.6) is 0 Å². The van der Waals surface area contributed by atoms with Crippen molar-refractivity contribution in [3.8, 4) is 22.4 Å². The maximum atomic E-state index is 6.86. The lowest BCUT2D eigenvalue weighted by Crippen LogP contribution is -2.35. The van der Waals surface area contributed by atoms with Crippen molar-refractivity contribution in [3.63, 3.8) is 0 Å². The summed E-state index contributed by atoms with van der Waals surface area (Å²) in [5.74, 6) is 0.448. The highest BCUT2D eigenvalue weighted by molar-refractivity contribution is 6.10. The Kier molecular flexibility index (Phi) is 6.50. The fraction of sp³-hybridized carbons (Fsp3) is 0.436. The molecule has 218 valence electrons. The summed E-state index contributed by atoms with van der Waals surface area (Å²) in [6.45, 7) is 23.1. The van der Waals surface area contributed by atoms with E-state index in [1.54, 1.807) is 0 Å². The van der Waals surface area contributed by atoms with Crippen LogP contribution < -0.4 is 4.57 Å². The average molecular weight is 560 g/mol. The average Bonchev–Trinajstić information content (AvgIpc) is 3.34. The molecule has 3 heteroatoms. The van der Waals surface area contributed by atoms with E-state index in [0.717, 1.165) is 40.5 Å². The lowest BCUT2D eigenvalue weighted by atomic mass is 9.63. The van der Waals surface area contributed by atoms with Gasteiger partial charge in [-0.05, 0) is 71.8 Å². The van der Waals surface area contributed by atoms with Gasteiger partial charge in [0.2, 0.25) is 11.4 Å². The van der Waals surface area contributed by atoms with Crippen LogP contribution in [0, 0.1) is 24.7 Å². The van der Waals surface area contributed by atoms with Crippen LogP contribution in [0.25, 0.3) is 44.5 Å². The quantitative estimate of drug-likeness (QED) is 0.205. The number of furan rings is 1. The molecule has 0 unspecified atom stereocenters. The molecule has 3 nitrogen and oxygen atoms in total. The molecule has 1 aliphatic rings. The summed E-state index contributed by atoms with van der Waals surface area (Å²) < 4.78 is 9.11. The number of nitrogens with zero attached hydrogens (tertiary/aromatic N) is 2.